The minimum atomic E-state index is -1.01. The third-order valence-corrected chi connectivity index (χ3v) is 3.69. The van der Waals surface area contributed by atoms with Gasteiger partial charge in [-0.3, -0.25) is 9.59 Å². The first kappa shape index (κ1) is 12.3. The van der Waals surface area contributed by atoms with Crippen LogP contribution in [0.25, 0.3) is 0 Å². The Kier molecular flexibility index (Phi) is 3.35. The zero-order valence-corrected chi connectivity index (χ0v) is 9.86. The number of ether oxygens (including phenoxy) is 1. The average Bonchev–Trinajstić information content (AvgIpc) is 2.89. The van der Waals surface area contributed by atoms with E-state index in [9.17, 15) is 14.7 Å². The van der Waals surface area contributed by atoms with Crippen molar-refractivity contribution >= 4 is 11.9 Å². The van der Waals surface area contributed by atoms with E-state index in [4.69, 9.17) is 4.74 Å². The van der Waals surface area contributed by atoms with E-state index >= 15 is 0 Å². The predicted molar refractivity (Wildman–Crippen MR) is 59.5 cm³/mol. The molecule has 0 aliphatic carbocycles. The molecule has 0 bridgehead atoms. The fraction of sp³-hybridized carbons (Fsp3) is 0.818. The number of hydrogen-bond acceptors (Lipinski definition) is 4. The number of rotatable bonds is 3. The van der Waals surface area contributed by atoms with E-state index in [0.29, 0.717) is 6.54 Å². The number of carbonyl (C=O) groups is 2. The Morgan fingerprint density at radius 1 is 1.53 bits per heavy atom. The summed E-state index contributed by atoms with van der Waals surface area (Å²) < 4.78 is 5.19. The molecule has 0 aromatic heterocycles. The summed E-state index contributed by atoms with van der Waals surface area (Å²) in [5, 5.41) is 15.1. The van der Waals surface area contributed by atoms with Gasteiger partial charge in [-0.1, -0.05) is 0 Å². The quantitative estimate of drug-likeness (QED) is 0.603. The molecule has 3 atom stereocenters. The van der Waals surface area contributed by atoms with Crippen molar-refractivity contribution in [3.63, 3.8) is 0 Å². The molecule has 2 aliphatic rings. The van der Waals surface area contributed by atoms with Gasteiger partial charge in [0.15, 0.2) is 0 Å². The molecule has 0 saturated carbocycles. The van der Waals surface area contributed by atoms with E-state index in [1.165, 1.54) is 0 Å². The molecule has 2 rings (SSSR count). The first-order chi connectivity index (χ1) is 8.04. The number of amides is 1. The minimum Gasteiger partial charge on any atom is -0.481 e. The zero-order chi connectivity index (χ0) is 12.5. The van der Waals surface area contributed by atoms with Crippen LogP contribution < -0.4 is 10.6 Å². The van der Waals surface area contributed by atoms with Gasteiger partial charge in [0, 0.05) is 6.54 Å². The fourth-order valence-corrected chi connectivity index (χ4v) is 2.25. The molecule has 2 aliphatic heterocycles. The average molecular weight is 242 g/mol. The molecule has 3 N–H and O–H groups in total. The number of carboxylic acids is 1. The number of carbonyl (C=O) groups excluding carboxylic acids is 1. The van der Waals surface area contributed by atoms with E-state index in [2.05, 4.69) is 10.6 Å². The molecule has 17 heavy (non-hydrogen) atoms. The molecular weight excluding hydrogens is 224 g/mol. The summed E-state index contributed by atoms with van der Waals surface area (Å²) in [4.78, 5) is 23.1. The summed E-state index contributed by atoms with van der Waals surface area (Å²) in [5.41, 5.74) is -1.01. The monoisotopic (exact) mass is 242 g/mol. The summed E-state index contributed by atoms with van der Waals surface area (Å²) in [6.45, 7) is 3.55. The molecule has 2 heterocycles. The van der Waals surface area contributed by atoms with Crippen molar-refractivity contribution in [2.75, 3.05) is 26.3 Å². The molecule has 0 aromatic rings. The van der Waals surface area contributed by atoms with Gasteiger partial charge in [-0.15, -0.1) is 0 Å². The van der Waals surface area contributed by atoms with Gasteiger partial charge in [0.25, 0.3) is 0 Å². The lowest BCUT2D eigenvalue weighted by molar-refractivity contribution is -0.149. The maximum Gasteiger partial charge on any atom is 0.313 e. The van der Waals surface area contributed by atoms with E-state index < -0.39 is 17.4 Å². The molecule has 6 nitrogen and oxygen atoms in total. The first-order valence-electron chi connectivity index (χ1n) is 5.86. The van der Waals surface area contributed by atoms with Crippen molar-refractivity contribution in [3.05, 3.63) is 0 Å². The van der Waals surface area contributed by atoms with Gasteiger partial charge < -0.3 is 20.5 Å². The highest BCUT2D eigenvalue weighted by Crippen LogP contribution is 2.29. The van der Waals surface area contributed by atoms with E-state index in [-0.39, 0.29) is 25.0 Å². The van der Waals surface area contributed by atoms with Gasteiger partial charge in [-0.05, 0) is 19.9 Å². The largest absolute Gasteiger partial charge is 0.481 e. The van der Waals surface area contributed by atoms with Gasteiger partial charge in [-0.2, -0.15) is 0 Å². The fourth-order valence-electron chi connectivity index (χ4n) is 2.25. The molecule has 2 saturated heterocycles. The van der Waals surface area contributed by atoms with Crippen LogP contribution in [0.15, 0.2) is 0 Å². The number of aliphatic carboxylic acids is 1. The van der Waals surface area contributed by atoms with Crippen LogP contribution in [-0.2, 0) is 14.3 Å². The standard InChI is InChI=1S/C11H18N2O4/c1-11(10(15)16)6-17-5-8(11)13-9(14)7-2-3-12-4-7/h7-8,12H,2-6H2,1H3,(H,13,14)(H,15,16). The zero-order valence-electron chi connectivity index (χ0n) is 9.86. The lowest BCUT2D eigenvalue weighted by Gasteiger charge is -2.26. The lowest BCUT2D eigenvalue weighted by atomic mass is 9.85. The highest BCUT2D eigenvalue weighted by molar-refractivity contribution is 5.82. The Morgan fingerprint density at radius 2 is 2.29 bits per heavy atom. The van der Waals surface area contributed by atoms with Crippen LogP contribution in [0.4, 0.5) is 0 Å². The third-order valence-electron chi connectivity index (χ3n) is 3.69. The predicted octanol–water partition coefficient (Wildman–Crippen LogP) is -0.798. The summed E-state index contributed by atoms with van der Waals surface area (Å²) >= 11 is 0. The van der Waals surface area contributed by atoms with Crippen molar-refractivity contribution in [1.82, 2.24) is 10.6 Å². The normalized spacial score (nSPS) is 37.0. The van der Waals surface area contributed by atoms with Crippen LogP contribution in [0.1, 0.15) is 13.3 Å². The van der Waals surface area contributed by atoms with E-state index in [0.717, 1.165) is 13.0 Å². The van der Waals surface area contributed by atoms with Gasteiger partial charge in [-0.25, -0.2) is 0 Å². The van der Waals surface area contributed by atoms with Gasteiger partial charge in [0.1, 0.15) is 5.41 Å². The van der Waals surface area contributed by atoms with Crippen LogP contribution in [0, 0.1) is 11.3 Å². The molecule has 2 fully saturated rings. The van der Waals surface area contributed by atoms with Gasteiger partial charge in [0.2, 0.25) is 5.91 Å². The lowest BCUT2D eigenvalue weighted by Crippen LogP contribution is -2.51. The van der Waals surface area contributed by atoms with Crippen LogP contribution in [0.5, 0.6) is 0 Å². The molecule has 6 heteroatoms. The molecule has 0 spiro atoms. The van der Waals surface area contributed by atoms with Crippen molar-refractivity contribution in [2.24, 2.45) is 11.3 Å². The Hall–Kier alpha value is -1.14. The van der Waals surface area contributed by atoms with E-state index in [1.54, 1.807) is 6.92 Å². The second kappa shape index (κ2) is 4.62. The van der Waals surface area contributed by atoms with Crippen molar-refractivity contribution in [1.29, 1.82) is 0 Å². The van der Waals surface area contributed by atoms with Gasteiger partial charge >= 0.3 is 5.97 Å². The highest BCUT2D eigenvalue weighted by atomic mass is 16.5. The molecule has 3 unspecified atom stereocenters. The second-order valence-corrected chi connectivity index (χ2v) is 4.99. The minimum absolute atomic E-state index is 0.0476. The van der Waals surface area contributed by atoms with Crippen LogP contribution >= 0.6 is 0 Å². The Bertz CT molecular complexity index is 327. The Labute approximate surface area is 99.7 Å². The first-order valence-corrected chi connectivity index (χ1v) is 5.86. The second-order valence-electron chi connectivity index (χ2n) is 4.99. The summed E-state index contributed by atoms with van der Waals surface area (Å²) in [5.74, 6) is -1.04. The molecule has 0 aromatic carbocycles. The van der Waals surface area contributed by atoms with E-state index in [1.807, 2.05) is 0 Å². The Balaban J connectivity index is 1.98. The SMILES string of the molecule is CC1(C(=O)O)COCC1NC(=O)C1CCNC1. The van der Waals surface area contributed by atoms with Crippen molar-refractivity contribution < 1.29 is 19.4 Å². The van der Waals surface area contributed by atoms with Crippen LogP contribution in [0.3, 0.4) is 0 Å². The third kappa shape index (κ3) is 2.28. The molecule has 96 valence electrons. The summed E-state index contributed by atoms with van der Waals surface area (Å²) in [6, 6.07) is -0.437. The maximum absolute atomic E-state index is 11.9. The Morgan fingerprint density at radius 3 is 2.88 bits per heavy atom. The smallest absolute Gasteiger partial charge is 0.313 e. The molecular formula is C11H18N2O4. The number of nitrogens with one attached hydrogen (secondary N) is 2. The highest BCUT2D eigenvalue weighted by Gasteiger charge is 2.47. The summed E-state index contributed by atoms with van der Waals surface area (Å²) in [6.07, 6.45) is 0.809. The number of carboxylic acid groups (broad SMARTS) is 1. The van der Waals surface area contributed by atoms with Crippen LogP contribution in [-0.4, -0.2) is 49.3 Å². The van der Waals surface area contributed by atoms with Crippen molar-refractivity contribution in [2.45, 2.75) is 19.4 Å². The maximum atomic E-state index is 11.9. The van der Waals surface area contributed by atoms with Crippen LogP contribution in [0.2, 0.25) is 0 Å². The summed E-state index contributed by atoms with van der Waals surface area (Å²) in [7, 11) is 0. The topological polar surface area (TPSA) is 87.7 Å². The van der Waals surface area contributed by atoms with Gasteiger partial charge in [0.05, 0.1) is 25.2 Å². The molecule has 1 amide bonds. The van der Waals surface area contributed by atoms with Crippen molar-refractivity contribution in [3.8, 4) is 0 Å². The number of hydrogen-bond donors (Lipinski definition) is 3. The molecule has 0 radical (unpaired) electrons.